The minimum Gasteiger partial charge on any atom is -0.508 e. The molecule has 0 aliphatic rings. The van der Waals surface area contributed by atoms with Crippen LogP contribution in [0.5, 0.6) is 5.75 Å². The van der Waals surface area contributed by atoms with E-state index in [4.69, 9.17) is 5.73 Å². The van der Waals surface area contributed by atoms with E-state index in [1.165, 1.54) is 17.4 Å². The Bertz CT molecular complexity index is 583. The molecule has 94 valence electrons. The maximum atomic E-state index is 11.8. The number of hydrogen-bond donors (Lipinski definition) is 3. The molecule has 0 bridgehead atoms. The molecule has 0 atom stereocenters. The number of hydrogen-bond acceptors (Lipinski definition) is 4. The van der Waals surface area contributed by atoms with Crippen molar-refractivity contribution in [1.82, 2.24) is 5.32 Å². The van der Waals surface area contributed by atoms with Gasteiger partial charge in [-0.1, -0.05) is 0 Å². The Kier molecular flexibility index (Phi) is 4.07. The van der Waals surface area contributed by atoms with Gasteiger partial charge in [0.25, 0.3) is 5.91 Å². The van der Waals surface area contributed by atoms with Gasteiger partial charge in [-0.15, -0.1) is 11.3 Å². The Balaban J connectivity index is 2.03. The minimum absolute atomic E-state index is 0.129. The van der Waals surface area contributed by atoms with Crippen LogP contribution in [-0.4, -0.2) is 11.0 Å². The molecule has 0 fully saturated rings. The topological polar surface area (TPSA) is 75.3 Å². The molecule has 0 radical (unpaired) electrons. The third-order valence-corrected chi connectivity index (χ3v) is 4.16. The first-order valence-electron chi connectivity index (χ1n) is 5.16. The van der Waals surface area contributed by atoms with E-state index in [1.54, 1.807) is 17.5 Å². The zero-order valence-corrected chi connectivity index (χ0v) is 12.3. The monoisotopic (exact) mass is 374 g/mol. The number of anilines is 1. The zero-order chi connectivity index (χ0) is 13.1. The SMILES string of the molecule is Nc1ccc(O)c(CNC(=O)c2csc(I)c2)c1. The van der Waals surface area contributed by atoms with Gasteiger partial charge >= 0.3 is 0 Å². The molecule has 2 rings (SSSR count). The van der Waals surface area contributed by atoms with E-state index < -0.39 is 0 Å². The van der Waals surface area contributed by atoms with Crippen molar-refractivity contribution < 1.29 is 9.90 Å². The molecule has 4 N–H and O–H groups in total. The van der Waals surface area contributed by atoms with Crippen LogP contribution in [0, 0.1) is 2.88 Å². The third kappa shape index (κ3) is 3.14. The van der Waals surface area contributed by atoms with Crippen molar-refractivity contribution in [3.8, 4) is 5.75 Å². The zero-order valence-electron chi connectivity index (χ0n) is 9.31. The molecule has 0 aliphatic heterocycles. The Morgan fingerprint density at radius 3 is 2.89 bits per heavy atom. The van der Waals surface area contributed by atoms with Crippen LogP contribution < -0.4 is 11.1 Å². The molecule has 18 heavy (non-hydrogen) atoms. The Hall–Kier alpha value is -1.28. The van der Waals surface area contributed by atoms with Crippen molar-refractivity contribution in [2.24, 2.45) is 0 Å². The fourth-order valence-electron chi connectivity index (χ4n) is 1.45. The third-order valence-electron chi connectivity index (χ3n) is 2.37. The van der Waals surface area contributed by atoms with Gasteiger partial charge < -0.3 is 16.2 Å². The number of nitrogens with two attached hydrogens (primary N) is 1. The highest BCUT2D eigenvalue weighted by Gasteiger charge is 2.09. The molecule has 0 unspecified atom stereocenters. The average molecular weight is 374 g/mol. The fourth-order valence-corrected chi connectivity index (χ4v) is 2.78. The van der Waals surface area contributed by atoms with E-state index >= 15 is 0 Å². The van der Waals surface area contributed by atoms with E-state index in [2.05, 4.69) is 27.9 Å². The largest absolute Gasteiger partial charge is 0.508 e. The molecule has 0 spiro atoms. The summed E-state index contributed by atoms with van der Waals surface area (Å²) in [5.41, 5.74) is 7.42. The lowest BCUT2D eigenvalue weighted by molar-refractivity contribution is 0.0951. The maximum Gasteiger partial charge on any atom is 0.252 e. The number of nitrogens with one attached hydrogen (secondary N) is 1. The number of phenolic OH excluding ortho intramolecular Hbond substituents is 1. The summed E-state index contributed by atoms with van der Waals surface area (Å²) in [6.45, 7) is 0.252. The molecule has 0 saturated heterocycles. The van der Waals surface area contributed by atoms with Gasteiger partial charge in [0.15, 0.2) is 0 Å². The van der Waals surface area contributed by atoms with Gasteiger partial charge in [0.05, 0.1) is 8.45 Å². The summed E-state index contributed by atoms with van der Waals surface area (Å²) < 4.78 is 1.06. The second kappa shape index (κ2) is 5.57. The number of nitrogen functional groups attached to an aromatic ring is 1. The van der Waals surface area contributed by atoms with Crippen LogP contribution in [0.3, 0.4) is 0 Å². The standard InChI is InChI=1S/C12H11IN2O2S/c13-11-4-8(6-18-11)12(17)15-5-7-3-9(14)1-2-10(7)16/h1-4,6,16H,5,14H2,(H,15,17). The van der Waals surface area contributed by atoms with Gasteiger partial charge in [0.1, 0.15) is 5.75 Å². The highest BCUT2D eigenvalue weighted by molar-refractivity contribution is 14.1. The highest BCUT2D eigenvalue weighted by atomic mass is 127. The molecule has 2 aromatic rings. The average Bonchev–Trinajstić information content (AvgIpc) is 2.77. The Morgan fingerprint density at radius 1 is 1.44 bits per heavy atom. The Morgan fingerprint density at radius 2 is 2.22 bits per heavy atom. The molecule has 0 saturated carbocycles. The normalized spacial score (nSPS) is 10.3. The first-order chi connectivity index (χ1) is 8.56. The number of rotatable bonds is 3. The molecule has 4 nitrogen and oxygen atoms in total. The number of thiophene rings is 1. The Labute approximate surface area is 122 Å². The molecule has 1 amide bonds. The lowest BCUT2D eigenvalue weighted by atomic mass is 10.1. The summed E-state index contributed by atoms with van der Waals surface area (Å²) in [5, 5.41) is 14.2. The predicted octanol–water partition coefficient (Wildman–Crippen LogP) is 2.57. The summed E-state index contributed by atoms with van der Waals surface area (Å²) in [6.07, 6.45) is 0. The van der Waals surface area contributed by atoms with Crippen molar-refractivity contribution in [3.63, 3.8) is 0 Å². The first kappa shape index (κ1) is 13.2. The maximum absolute atomic E-state index is 11.8. The number of halogens is 1. The van der Waals surface area contributed by atoms with Gasteiger partial charge in [-0.25, -0.2) is 0 Å². The highest BCUT2D eigenvalue weighted by Crippen LogP contribution is 2.20. The van der Waals surface area contributed by atoms with Crippen LogP contribution in [0.15, 0.2) is 29.6 Å². The van der Waals surface area contributed by atoms with Gasteiger partial charge in [0, 0.05) is 23.2 Å². The van der Waals surface area contributed by atoms with E-state index in [0.29, 0.717) is 16.8 Å². The summed E-state index contributed by atoms with van der Waals surface area (Å²) in [4.78, 5) is 11.8. The van der Waals surface area contributed by atoms with E-state index in [0.717, 1.165) is 2.88 Å². The van der Waals surface area contributed by atoms with Gasteiger partial charge in [-0.05, 0) is 46.9 Å². The lowest BCUT2D eigenvalue weighted by Gasteiger charge is -2.07. The number of aromatic hydroxyl groups is 1. The number of carbonyl (C=O) groups excluding carboxylic acids is 1. The van der Waals surface area contributed by atoms with Gasteiger partial charge in [-0.3, -0.25) is 4.79 Å². The van der Waals surface area contributed by atoms with Crippen LogP contribution in [0.25, 0.3) is 0 Å². The number of phenols is 1. The quantitative estimate of drug-likeness (QED) is 0.439. The van der Waals surface area contributed by atoms with Crippen LogP contribution in [0.2, 0.25) is 0 Å². The molecular weight excluding hydrogens is 363 g/mol. The summed E-state index contributed by atoms with van der Waals surface area (Å²) >= 11 is 3.68. The molecule has 0 aliphatic carbocycles. The fraction of sp³-hybridized carbons (Fsp3) is 0.0833. The van der Waals surface area contributed by atoms with Crippen LogP contribution in [-0.2, 0) is 6.54 Å². The van der Waals surface area contributed by atoms with Crippen molar-refractivity contribution in [3.05, 3.63) is 43.7 Å². The number of benzene rings is 1. The molecule has 6 heteroatoms. The van der Waals surface area contributed by atoms with Gasteiger partial charge in [-0.2, -0.15) is 0 Å². The smallest absolute Gasteiger partial charge is 0.252 e. The predicted molar refractivity (Wildman–Crippen MR) is 80.7 cm³/mol. The minimum atomic E-state index is -0.156. The lowest BCUT2D eigenvalue weighted by Crippen LogP contribution is -2.22. The number of amides is 1. The summed E-state index contributed by atoms with van der Waals surface area (Å²) in [5.74, 6) is -0.0274. The van der Waals surface area contributed by atoms with Gasteiger partial charge in [0.2, 0.25) is 0 Å². The van der Waals surface area contributed by atoms with Crippen LogP contribution in [0.1, 0.15) is 15.9 Å². The van der Waals surface area contributed by atoms with E-state index in [9.17, 15) is 9.90 Å². The van der Waals surface area contributed by atoms with Crippen molar-refractivity contribution in [2.75, 3.05) is 5.73 Å². The van der Waals surface area contributed by atoms with Crippen LogP contribution in [0.4, 0.5) is 5.69 Å². The van der Waals surface area contributed by atoms with Crippen LogP contribution >= 0.6 is 33.9 Å². The number of carbonyl (C=O) groups is 1. The summed E-state index contributed by atoms with van der Waals surface area (Å²) in [7, 11) is 0. The first-order valence-corrected chi connectivity index (χ1v) is 7.11. The van der Waals surface area contributed by atoms with Crippen molar-refractivity contribution >= 4 is 45.5 Å². The molecule has 1 aromatic heterocycles. The molecule has 1 aromatic carbocycles. The van der Waals surface area contributed by atoms with E-state index in [-0.39, 0.29) is 18.2 Å². The molecular formula is C12H11IN2O2S. The summed E-state index contributed by atoms with van der Waals surface area (Å²) in [6, 6.07) is 6.60. The van der Waals surface area contributed by atoms with Crippen molar-refractivity contribution in [2.45, 2.75) is 6.54 Å². The van der Waals surface area contributed by atoms with E-state index in [1.807, 2.05) is 6.07 Å². The van der Waals surface area contributed by atoms with Crippen molar-refractivity contribution in [1.29, 1.82) is 0 Å². The second-order valence-electron chi connectivity index (χ2n) is 3.71. The second-order valence-corrected chi connectivity index (χ2v) is 6.52. The molecule has 1 heterocycles.